The van der Waals surface area contributed by atoms with Crippen LogP contribution in [-0.2, 0) is 0 Å². The maximum absolute atomic E-state index is 13.7. The van der Waals surface area contributed by atoms with E-state index in [4.69, 9.17) is 5.11 Å². The molecule has 5 nitrogen and oxygen atoms in total. The van der Waals surface area contributed by atoms with Crippen molar-refractivity contribution in [1.29, 1.82) is 0 Å². The van der Waals surface area contributed by atoms with Crippen molar-refractivity contribution >= 4 is 5.91 Å². The molecule has 1 unspecified atom stereocenters. The van der Waals surface area contributed by atoms with Crippen LogP contribution in [0.3, 0.4) is 0 Å². The van der Waals surface area contributed by atoms with Crippen LogP contribution in [0.4, 0.5) is 8.78 Å². The topological polar surface area (TPSA) is 67.2 Å². The molecule has 1 aromatic heterocycles. The molecule has 1 atom stereocenters. The predicted molar refractivity (Wildman–Crippen MR) is 81.3 cm³/mol. The fourth-order valence-electron chi connectivity index (χ4n) is 2.20. The Labute approximate surface area is 132 Å². The average Bonchev–Trinajstić information content (AvgIpc) is 2.96. The van der Waals surface area contributed by atoms with Gasteiger partial charge in [0.2, 0.25) is 0 Å². The molecule has 0 aliphatic heterocycles. The Balaban J connectivity index is 2.16. The van der Waals surface area contributed by atoms with Gasteiger partial charge in [-0.25, -0.2) is 13.5 Å². The standard InChI is InChI=1S/C16H19F2N3O2/c1-10(2)14(5-6-22)20-16(23)11-8-19-21(9-11)15-4-3-12(17)7-13(15)18/h3-4,7-10,14,22H,5-6H2,1-2H3,(H,20,23). The molecule has 124 valence electrons. The van der Waals surface area contributed by atoms with Crippen LogP contribution < -0.4 is 5.32 Å². The Bertz CT molecular complexity index is 686. The van der Waals surface area contributed by atoms with Crippen molar-refractivity contribution in [3.05, 3.63) is 47.8 Å². The Morgan fingerprint density at radius 1 is 1.39 bits per heavy atom. The number of benzene rings is 1. The normalized spacial score (nSPS) is 12.4. The first-order valence-corrected chi connectivity index (χ1v) is 7.34. The molecule has 1 amide bonds. The van der Waals surface area contributed by atoms with Crippen LogP contribution >= 0.6 is 0 Å². The predicted octanol–water partition coefficient (Wildman–Crippen LogP) is 2.29. The van der Waals surface area contributed by atoms with E-state index in [1.54, 1.807) is 0 Å². The van der Waals surface area contributed by atoms with E-state index in [0.717, 1.165) is 12.1 Å². The number of hydrogen-bond donors (Lipinski definition) is 2. The molecule has 0 bridgehead atoms. The van der Waals surface area contributed by atoms with Gasteiger partial charge in [-0.15, -0.1) is 0 Å². The van der Waals surface area contributed by atoms with E-state index in [9.17, 15) is 13.6 Å². The summed E-state index contributed by atoms with van der Waals surface area (Å²) in [6.07, 6.45) is 3.14. The monoisotopic (exact) mass is 323 g/mol. The van der Waals surface area contributed by atoms with Crippen LogP contribution in [0.1, 0.15) is 30.6 Å². The lowest BCUT2D eigenvalue weighted by Gasteiger charge is -2.21. The molecule has 23 heavy (non-hydrogen) atoms. The second-order valence-corrected chi connectivity index (χ2v) is 5.61. The number of carbonyl (C=O) groups is 1. The molecule has 0 radical (unpaired) electrons. The van der Waals surface area contributed by atoms with Gasteiger partial charge in [0.1, 0.15) is 11.5 Å². The highest BCUT2D eigenvalue weighted by Gasteiger charge is 2.18. The van der Waals surface area contributed by atoms with Gasteiger partial charge in [0.05, 0.1) is 11.8 Å². The number of carbonyl (C=O) groups excluding carboxylic acids is 1. The van der Waals surface area contributed by atoms with E-state index in [1.807, 2.05) is 13.8 Å². The van der Waals surface area contributed by atoms with Crippen LogP contribution in [0.25, 0.3) is 5.69 Å². The van der Waals surface area contributed by atoms with Gasteiger partial charge in [0, 0.05) is 24.9 Å². The van der Waals surface area contributed by atoms with E-state index >= 15 is 0 Å². The molecule has 2 aromatic rings. The van der Waals surface area contributed by atoms with Gasteiger partial charge in [-0.1, -0.05) is 13.8 Å². The van der Waals surface area contributed by atoms with Crippen LogP contribution in [0.2, 0.25) is 0 Å². The van der Waals surface area contributed by atoms with E-state index < -0.39 is 11.6 Å². The second kappa shape index (κ2) is 7.32. The van der Waals surface area contributed by atoms with Gasteiger partial charge in [-0.3, -0.25) is 4.79 Å². The number of rotatable bonds is 6. The third kappa shape index (κ3) is 4.13. The van der Waals surface area contributed by atoms with Gasteiger partial charge in [0.15, 0.2) is 5.82 Å². The van der Waals surface area contributed by atoms with Gasteiger partial charge >= 0.3 is 0 Å². The Hall–Kier alpha value is -2.28. The zero-order valence-corrected chi connectivity index (χ0v) is 13.0. The van der Waals surface area contributed by atoms with Crippen LogP contribution in [0, 0.1) is 17.6 Å². The molecular weight excluding hydrogens is 304 g/mol. The highest BCUT2D eigenvalue weighted by atomic mass is 19.1. The molecule has 0 fully saturated rings. The summed E-state index contributed by atoms with van der Waals surface area (Å²) in [6.45, 7) is 3.86. The molecule has 0 saturated carbocycles. The number of nitrogens with one attached hydrogen (secondary N) is 1. The summed E-state index contributed by atoms with van der Waals surface area (Å²) < 4.78 is 27.8. The van der Waals surface area contributed by atoms with Crippen molar-refractivity contribution in [1.82, 2.24) is 15.1 Å². The number of nitrogens with zero attached hydrogens (tertiary/aromatic N) is 2. The first-order chi connectivity index (χ1) is 10.9. The molecule has 0 spiro atoms. The lowest BCUT2D eigenvalue weighted by Crippen LogP contribution is -2.39. The van der Waals surface area contributed by atoms with Gasteiger partial charge in [-0.05, 0) is 24.5 Å². The van der Waals surface area contributed by atoms with Crippen molar-refractivity contribution in [2.75, 3.05) is 6.61 Å². The Morgan fingerprint density at radius 2 is 2.13 bits per heavy atom. The third-order valence-electron chi connectivity index (χ3n) is 3.56. The molecule has 2 rings (SSSR count). The summed E-state index contributed by atoms with van der Waals surface area (Å²) in [4.78, 5) is 12.2. The summed E-state index contributed by atoms with van der Waals surface area (Å²) in [5.74, 6) is -1.64. The minimum atomic E-state index is -0.764. The summed E-state index contributed by atoms with van der Waals surface area (Å²) in [5.41, 5.74) is 0.318. The fraction of sp³-hybridized carbons (Fsp3) is 0.375. The van der Waals surface area contributed by atoms with Gasteiger partial charge in [0.25, 0.3) is 5.91 Å². The Kier molecular flexibility index (Phi) is 5.44. The number of aliphatic hydroxyl groups excluding tert-OH is 1. The highest BCUT2D eigenvalue weighted by Crippen LogP contribution is 2.15. The molecule has 2 N–H and O–H groups in total. The molecular formula is C16H19F2N3O2. The van der Waals surface area contributed by atoms with Crippen LogP contribution in [0.15, 0.2) is 30.6 Å². The number of halogens is 2. The fourth-order valence-corrected chi connectivity index (χ4v) is 2.20. The first kappa shape index (κ1) is 17.1. The quantitative estimate of drug-likeness (QED) is 0.857. The lowest BCUT2D eigenvalue weighted by molar-refractivity contribution is 0.0916. The SMILES string of the molecule is CC(C)C(CCO)NC(=O)c1cnn(-c2ccc(F)cc2F)c1. The average molecular weight is 323 g/mol. The zero-order chi connectivity index (χ0) is 17.0. The second-order valence-electron chi connectivity index (χ2n) is 5.61. The van der Waals surface area contributed by atoms with Crippen LogP contribution in [-0.4, -0.2) is 33.4 Å². The zero-order valence-electron chi connectivity index (χ0n) is 13.0. The first-order valence-electron chi connectivity index (χ1n) is 7.34. The molecule has 7 heteroatoms. The molecule has 0 aliphatic rings. The van der Waals surface area contributed by atoms with E-state index in [2.05, 4.69) is 10.4 Å². The summed E-state index contributed by atoms with van der Waals surface area (Å²) >= 11 is 0. The van der Waals surface area contributed by atoms with Gasteiger partial charge in [-0.2, -0.15) is 5.10 Å². The minimum absolute atomic E-state index is 0.0246. The number of aromatic nitrogens is 2. The molecule has 0 saturated heterocycles. The highest BCUT2D eigenvalue weighted by molar-refractivity contribution is 5.94. The maximum atomic E-state index is 13.7. The third-order valence-corrected chi connectivity index (χ3v) is 3.56. The number of amides is 1. The van der Waals surface area contributed by atoms with E-state index in [1.165, 1.54) is 23.1 Å². The van der Waals surface area contributed by atoms with Gasteiger partial charge < -0.3 is 10.4 Å². The molecule has 0 aliphatic carbocycles. The summed E-state index contributed by atoms with van der Waals surface area (Å²) in [7, 11) is 0. The van der Waals surface area contributed by atoms with E-state index in [-0.39, 0.29) is 35.7 Å². The summed E-state index contributed by atoms with van der Waals surface area (Å²) in [5, 5.41) is 15.8. The number of hydrogen-bond acceptors (Lipinski definition) is 3. The van der Waals surface area contributed by atoms with Crippen molar-refractivity contribution in [2.45, 2.75) is 26.3 Å². The lowest BCUT2D eigenvalue weighted by atomic mass is 10.0. The Morgan fingerprint density at radius 3 is 2.74 bits per heavy atom. The largest absolute Gasteiger partial charge is 0.396 e. The van der Waals surface area contributed by atoms with Crippen molar-refractivity contribution in [3.63, 3.8) is 0 Å². The molecule has 1 aromatic carbocycles. The smallest absolute Gasteiger partial charge is 0.254 e. The van der Waals surface area contributed by atoms with Crippen LogP contribution in [0.5, 0.6) is 0 Å². The van der Waals surface area contributed by atoms with Crippen molar-refractivity contribution in [2.24, 2.45) is 5.92 Å². The maximum Gasteiger partial charge on any atom is 0.254 e. The minimum Gasteiger partial charge on any atom is -0.396 e. The van der Waals surface area contributed by atoms with Crippen molar-refractivity contribution < 1.29 is 18.7 Å². The van der Waals surface area contributed by atoms with E-state index in [0.29, 0.717) is 6.42 Å². The molecule has 1 heterocycles. The number of aliphatic hydroxyl groups is 1. The summed E-state index contributed by atoms with van der Waals surface area (Å²) in [6, 6.07) is 2.96. The van der Waals surface area contributed by atoms with Crippen molar-refractivity contribution in [3.8, 4) is 5.69 Å².